The van der Waals surface area contributed by atoms with Crippen LogP contribution in [-0.4, -0.2) is 23.4 Å². The summed E-state index contributed by atoms with van der Waals surface area (Å²) < 4.78 is 0. The number of hydrogen-bond acceptors (Lipinski definition) is 1. The van der Waals surface area contributed by atoms with Crippen molar-refractivity contribution in [1.29, 1.82) is 0 Å². The van der Waals surface area contributed by atoms with Crippen LogP contribution in [0.5, 0.6) is 0 Å². The first-order valence-corrected chi connectivity index (χ1v) is 3.79. The minimum atomic E-state index is 0.271. The first-order chi connectivity index (χ1) is 4.63. The Labute approximate surface area is 63.2 Å². The van der Waals surface area contributed by atoms with Crippen LogP contribution in [-0.2, 0) is 4.79 Å². The molecule has 0 rings (SSSR count). The Morgan fingerprint density at radius 3 is 2.00 bits per heavy atom. The van der Waals surface area contributed by atoms with Crippen molar-refractivity contribution in [3.8, 4) is 0 Å². The maximum Gasteiger partial charge on any atom is 0.312 e. The van der Waals surface area contributed by atoms with Gasteiger partial charge in [0.2, 0.25) is 0 Å². The third kappa shape index (κ3) is 2.38. The molecule has 0 aromatic heterocycles. The highest BCUT2D eigenvalue weighted by Crippen LogP contribution is 2.04. The Kier molecular flexibility index (Phi) is 4.08. The number of amides is 1. The average molecular weight is 142 g/mol. The average Bonchev–Trinajstić information content (AvgIpc) is 1.88. The second kappa shape index (κ2) is 4.31. The fraction of sp³-hybridized carbons (Fsp3) is 0.875. The van der Waals surface area contributed by atoms with Crippen LogP contribution in [0.1, 0.15) is 34.1 Å². The summed E-state index contributed by atoms with van der Waals surface area (Å²) in [5.41, 5.74) is 0. The van der Waals surface area contributed by atoms with Gasteiger partial charge in [-0.15, -0.1) is 0 Å². The molecule has 1 radical (unpaired) electrons. The zero-order valence-electron chi connectivity index (χ0n) is 7.22. The summed E-state index contributed by atoms with van der Waals surface area (Å²) in [4.78, 5) is 12.1. The molecule has 0 spiro atoms. The fourth-order valence-electron chi connectivity index (χ4n) is 0.901. The molecule has 0 aromatic carbocycles. The van der Waals surface area contributed by atoms with E-state index in [9.17, 15) is 4.79 Å². The summed E-state index contributed by atoms with van der Waals surface area (Å²) in [6.45, 7) is 8.09. The minimum absolute atomic E-state index is 0.271. The lowest BCUT2D eigenvalue weighted by atomic mass is 10.2. The van der Waals surface area contributed by atoms with E-state index in [1.165, 1.54) is 0 Å². The van der Waals surface area contributed by atoms with Crippen molar-refractivity contribution in [2.75, 3.05) is 0 Å². The molecule has 1 unspecified atom stereocenters. The maximum absolute atomic E-state index is 10.3. The Bertz CT molecular complexity index is 101. The fourth-order valence-corrected chi connectivity index (χ4v) is 0.901. The topological polar surface area (TPSA) is 20.3 Å². The maximum atomic E-state index is 10.3. The minimum Gasteiger partial charge on any atom is -0.329 e. The zero-order valence-corrected chi connectivity index (χ0v) is 7.22. The van der Waals surface area contributed by atoms with E-state index in [-0.39, 0.29) is 6.04 Å². The van der Waals surface area contributed by atoms with Gasteiger partial charge in [0.05, 0.1) is 0 Å². The molecule has 2 heteroatoms. The predicted molar refractivity (Wildman–Crippen MR) is 42.4 cm³/mol. The molecule has 0 heterocycles. The Morgan fingerprint density at radius 1 is 1.40 bits per heavy atom. The molecule has 0 fully saturated rings. The van der Waals surface area contributed by atoms with Gasteiger partial charge in [-0.1, -0.05) is 6.92 Å². The number of hydrogen-bond donors (Lipinski definition) is 0. The van der Waals surface area contributed by atoms with Crippen molar-refractivity contribution in [1.82, 2.24) is 4.90 Å². The van der Waals surface area contributed by atoms with Gasteiger partial charge in [0.15, 0.2) is 0 Å². The van der Waals surface area contributed by atoms with E-state index in [0.29, 0.717) is 6.04 Å². The quantitative estimate of drug-likeness (QED) is 0.545. The van der Waals surface area contributed by atoms with E-state index in [0.717, 1.165) is 6.42 Å². The summed E-state index contributed by atoms with van der Waals surface area (Å²) >= 11 is 0. The van der Waals surface area contributed by atoms with Crippen molar-refractivity contribution in [3.05, 3.63) is 0 Å². The molecule has 59 valence electrons. The van der Waals surface area contributed by atoms with Crippen LogP contribution in [0.4, 0.5) is 0 Å². The molecule has 0 aliphatic carbocycles. The highest BCUT2D eigenvalue weighted by molar-refractivity contribution is 5.49. The van der Waals surface area contributed by atoms with Crippen molar-refractivity contribution in [3.63, 3.8) is 0 Å². The molecule has 0 aromatic rings. The van der Waals surface area contributed by atoms with E-state index in [1.807, 2.05) is 27.2 Å². The molecule has 1 amide bonds. The highest BCUT2D eigenvalue weighted by atomic mass is 16.1. The lowest BCUT2D eigenvalue weighted by molar-refractivity contribution is 0.256. The van der Waals surface area contributed by atoms with Crippen molar-refractivity contribution in [2.45, 2.75) is 46.2 Å². The van der Waals surface area contributed by atoms with E-state index in [2.05, 4.69) is 6.92 Å². The van der Waals surface area contributed by atoms with Gasteiger partial charge in [-0.25, -0.2) is 0 Å². The predicted octanol–water partition coefficient (Wildman–Crippen LogP) is 1.56. The summed E-state index contributed by atoms with van der Waals surface area (Å²) in [5, 5.41) is 0. The monoisotopic (exact) mass is 142 g/mol. The molecule has 0 N–H and O–H groups in total. The SMILES string of the molecule is CCC(C)N([C]=O)C(C)C. The first kappa shape index (κ1) is 9.47. The van der Waals surface area contributed by atoms with Crippen molar-refractivity contribution in [2.24, 2.45) is 0 Å². The summed E-state index contributed by atoms with van der Waals surface area (Å²) in [7, 11) is 0. The molecule has 0 aliphatic heterocycles. The van der Waals surface area contributed by atoms with Gasteiger partial charge < -0.3 is 4.90 Å². The number of rotatable bonds is 4. The van der Waals surface area contributed by atoms with Gasteiger partial charge in [0.25, 0.3) is 0 Å². The second-order valence-electron chi connectivity index (χ2n) is 2.85. The van der Waals surface area contributed by atoms with Crippen LogP contribution in [0.25, 0.3) is 0 Å². The van der Waals surface area contributed by atoms with Crippen LogP contribution in [0.15, 0.2) is 0 Å². The third-order valence-electron chi connectivity index (χ3n) is 1.73. The lowest BCUT2D eigenvalue weighted by Gasteiger charge is -2.26. The summed E-state index contributed by atoms with van der Waals surface area (Å²) in [6.07, 6.45) is 2.93. The van der Waals surface area contributed by atoms with Crippen LogP contribution >= 0.6 is 0 Å². The Morgan fingerprint density at radius 2 is 1.90 bits per heavy atom. The van der Waals surface area contributed by atoms with Gasteiger partial charge in [-0.3, -0.25) is 4.79 Å². The largest absolute Gasteiger partial charge is 0.329 e. The van der Waals surface area contributed by atoms with Crippen molar-refractivity contribution < 1.29 is 4.79 Å². The zero-order chi connectivity index (χ0) is 8.15. The van der Waals surface area contributed by atoms with Gasteiger partial charge in [-0.2, -0.15) is 0 Å². The second-order valence-corrected chi connectivity index (χ2v) is 2.85. The number of carbonyl (C=O) groups excluding carboxylic acids is 1. The van der Waals surface area contributed by atoms with Crippen molar-refractivity contribution >= 4 is 6.41 Å². The highest BCUT2D eigenvalue weighted by Gasteiger charge is 2.12. The van der Waals surface area contributed by atoms with Crippen LogP contribution in [0.3, 0.4) is 0 Å². The van der Waals surface area contributed by atoms with Crippen LogP contribution < -0.4 is 0 Å². The summed E-state index contributed by atoms with van der Waals surface area (Å²) in [6, 6.07) is 0.588. The summed E-state index contributed by atoms with van der Waals surface area (Å²) in [5.74, 6) is 0. The molecule has 1 atom stereocenters. The molecule has 0 saturated heterocycles. The lowest BCUT2D eigenvalue weighted by Crippen LogP contribution is -2.36. The van der Waals surface area contributed by atoms with Gasteiger partial charge >= 0.3 is 6.41 Å². The van der Waals surface area contributed by atoms with Crippen LogP contribution in [0, 0.1) is 0 Å². The van der Waals surface area contributed by atoms with E-state index >= 15 is 0 Å². The molecule has 10 heavy (non-hydrogen) atoms. The van der Waals surface area contributed by atoms with Gasteiger partial charge in [0, 0.05) is 12.1 Å². The van der Waals surface area contributed by atoms with Crippen LogP contribution in [0.2, 0.25) is 0 Å². The van der Waals surface area contributed by atoms with Gasteiger partial charge in [-0.05, 0) is 27.2 Å². The molecular formula is C8H16NO. The molecular weight excluding hydrogens is 126 g/mol. The third-order valence-corrected chi connectivity index (χ3v) is 1.73. The van der Waals surface area contributed by atoms with E-state index < -0.39 is 0 Å². The molecule has 2 nitrogen and oxygen atoms in total. The molecule has 0 saturated carbocycles. The molecule has 0 aliphatic rings. The standard InChI is InChI=1S/C8H16NO/c1-5-8(4)9(6-10)7(2)3/h7-8H,5H2,1-4H3. The Balaban J connectivity index is 3.92. The Hall–Kier alpha value is -0.530. The number of nitrogens with zero attached hydrogens (tertiary/aromatic N) is 1. The molecule has 0 bridgehead atoms. The first-order valence-electron chi connectivity index (χ1n) is 3.79. The van der Waals surface area contributed by atoms with E-state index in [4.69, 9.17) is 0 Å². The van der Waals surface area contributed by atoms with E-state index in [1.54, 1.807) is 4.90 Å². The normalized spacial score (nSPS) is 13.3. The van der Waals surface area contributed by atoms with Gasteiger partial charge in [0.1, 0.15) is 0 Å². The smallest absolute Gasteiger partial charge is 0.312 e.